The van der Waals surface area contributed by atoms with Gasteiger partial charge in [0.25, 0.3) is 0 Å². The van der Waals surface area contributed by atoms with Gasteiger partial charge in [-0.2, -0.15) is 0 Å². The molecule has 0 saturated heterocycles. The zero-order valence-corrected chi connectivity index (χ0v) is 13.1. The summed E-state index contributed by atoms with van der Waals surface area (Å²) >= 11 is 0. The first-order valence-electron chi connectivity index (χ1n) is 7.52. The summed E-state index contributed by atoms with van der Waals surface area (Å²) in [5.74, 6) is 0. The van der Waals surface area contributed by atoms with E-state index in [2.05, 4.69) is 43.4 Å². The van der Waals surface area contributed by atoms with Crippen molar-refractivity contribution in [3.05, 3.63) is 46.7 Å². The Balaban J connectivity index is 1.92. The Kier molecular flexibility index (Phi) is 3.44. The van der Waals surface area contributed by atoms with E-state index >= 15 is 0 Å². The quantitative estimate of drug-likeness (QED) is 0.644. The second-order valence-electron chi connectivity index (χ2n) is 6.30. The summed E-state index contributed by atoms with van der Waals surface area (Å²) < 4.78 is 5.14. The number of hydrogen-bond donors (Lipinski definition) is 0. The first-order valence-corrected chi connectivity index (χ1v) is 10.5. The average Bonchev–Trinajstić information content (AvgIpc) is 2.77. The van der Waals surface area contributed by atoms with Crippen LogP contribution in [0.2, 0.25) is 13.1 Å². The molecule has 19 heavy (non-hydrogen) atoms. The Morgan fingerprint density at radius 1 is 0.947 bits per heavy atom. The van der Waals surface area contributed by atoms with Crippen molar-refractivity contribution in [3.8, 4) is 0 Å². The maximum absolute atomic E-state index is 5.14. The van der Waals surface area contributed by atoms with E-state index in [0.717, 1.165) is 6.42 Å². The molecule has 1 nitrogen and oxygen atoms in total. The number of hydrogen-bond acceptors (Lipinski definition) is 1. The van der Waals surface area contributed by atoms with E-state index in [0.29, 0.717) is 0 Å². The maximum atomic E-state index is 5.14. The van der Waals surface area contributed by atoms with Gasteiger partial charge in [0.15, 0.2) is 0 Å². The van der Waals surface area contributed by atoms with Crippen LogP contribution in [0.15, 0.2) is 45.8 Å². The van der Waals surface area contributed by atoms with Gasteiger partial charge in [-0.3, -0.25) is 0 Å². The smallest absolute Gasteiger partial charge is 0.202 e. The molecule has 0 N–H and O–H groups in total. The number of allylic oxidation sites excluding steroid dienone is 2. The summed E-state index contributed by atoms with van der Waals surface area (Å²) in [7, 11) is -1.54. The highest BCUT2D eigenvalue weighted by Gasteiger charge is 2.35. The molecule has 1 aliphatic heterocycles. The zero-order chi connectivity index (χ0) is 13.3. The molecule has 1 saturated carbocycles. The molecule has 0 atom stereocenters. The summed E-state index contributed by atoms with van der Waals surface area (Å²) in [6, 6.07) is 10.7. The highest BCUT2D eigenvalue weighted by molar-refractivity contribution is 6.85. The molecular weight excluding hydrogens is 246 g/mol. The number of nitrogens with zero attached hydrogens (tertiary/aromatic N) is 1. The monoisotopic (exact) mass is 269 g/mol. The first-order chi connectivity index (χ1) is 9.17. The molecule has 0 amide bonds. The first kappa shape index (κ1) is 12.9. The van der Waals surface area contributed by atoms with Crippen LogP contribution in [0.1, 0.15) is 44.1 Å². The van der Waals surface area contributed by atoms with Crippen LogP contribution in [0.4, 0.5) is 0 Å². The van der Waals surface area contributed by atoms with Crippen LogP contribution < -0.4 is 0 Å². The molecule has 0 bridgehead atoms. The van der Waals surface area contributed by atoms with Crippen LogP contribution in [0, 0.1) is 0 Å². The van der Waals surface area contributed by atoms with Gasteiger partial charge in [0, 0.05) is 12.1 Å². The van der Waals surface area contributed by atoms with E-state index in [1.165, 1.54) is 43.4 Å². The van der Waals surface area contributed by atoms with Crippen LogP contribution in [-0.4, -0.2) is 13.9 Å². The lowest BCUT2D eigenvalue weighted by molar-refractivity contribution is 0.595. The topological polar surface area (TPSA) is 12.4 Å². The minimum absolute atomic E-state index is 1.12. The van der Waals surface area contributed by atoms with Crippen molar-refractivity contribution in [2.24, 2.45) is 4.66 Å². The van der Waals surface area contributed by atoms with Crippen molar-refractivity contribution in [1.82, 2.24) is 0 Å². The molecule has 0 unspecified atom stereocenters. The van der Waals surface area contributed by atoms with Gasteiger partial charge in [-0.05, 0) is 44.3 Å². The van der Waals surface area contributed by atoms with Gasteiger partial charge < -0.3 is 4.66 Å². The van der Waals surface area contributed by atoms with Crippen molar-refractivity contribution in [1.29, 1.82) is 0 Å². The van der Waals surface area contributed by atoms with Gasteiger partial charge in [-0.25, -0.2) is 0 Å². The fourth-order valence-electron chi connectivity index (χ4n) is 3.46. The van der Waals surface area contributed by atoms with Crippen molar-refractivity contribution in [2.45, 2.75) is 51.6 Å². The normalized spacial score (nSPS) is 22.5. The maximum Gasteiger partial charge on any atom is 0.202 e. The summed E-state index contributed by atoms with van der Waals surface area (Å²) in [4.78, 5) is 0. The Hall–Kier alpha value is -1.15. The lowest BCUT2D eigenvalue weighted by Gasteiger charge is -2.22. The minimum Gasteiger partial charge on any atom is -0.320 e. The van der Waals surface area contributed by atoms with Crippen molar-refractivity contribution >= 4 is 13.9 Å². The SMILES string of the molecule is C[Si]1(C)N=C(c2ccccc2)CC1=C1CCCCC1. The Morgan fingerprint density at radius 3 is 2.32 bits per heavy atom. The van der Waals surface area contributed by atoms with Crippen LogP contribution in [-0.2, 0) is 0 Å². The predicted octanol–water partition coefficient (Wildman–Crippen LogP) is 4.88. The highest BCUT2D eigenvalue weighted by Crippen LogP contribution is 2.37. The van der Waals surface area contributed by atoms with Crippen LogP contribution >= 0.6 is 0 Å². The second-order valence-corrected chi connectivity index (χ2v) is 10.2. The fourth-order valence-corrected chi connectivity index (χ4v) is 6.20. The lowest BCUT2D eigenvalue weighted by atomic mass is 9.93. The highest BCUT2D eigenvalue weighted by atomic mass is 28.3. The minimum atomic E-state index is -1.54. The Morgan fingerprint density at radius 2 is 1.63 bits per heavy atom. The summed E-state index contributed by atoms with van der Waals surface area (Å²) in [6.45, 7) is 4.83. The molecule has 0 spiro atoms. The standard InChI is InChI=1S/C17H23NSi/c1-19(2)17(15-11-7-4-8-12-15)13-16(18-19)14-9-5-3-6-10-14/h3,5-6,9-10H,4,7-8,11-13H2,1-2H3. The Bertz CT molecular complexity index is 517. The van der Waals surface area contributed by atoms with E-state index in [1.54, 1.807) is 10.8 Å². The number of benzene rings is 1. The van der Waals surface area contributed by atoms with E-state index in [-0.39, 0.29) is 0 Å². The summed E-state index contributed by atoms with van der Waals surface area (Å²) in [5.41, 5.74) is 4.43. The van der Waals surface area contributed by atoms with Gasteiger partial charge in [0.2, 0.25) is 8.24 Å². The molecule has 1 aromatic rings. The summed E-state index contributed by atoms with van der Waals surface area (Å²) in [5, 5.41) is 1.74. The molecule has 1 heterocycles. The largest absolute Gasteiger partial charge is 0.320 e. The summed E-state index contributed by atoms with van der Waals surface area (Å²) in [6.07, 6.45) is 8.00. The third kappa shape index (κ3) is 2.59. The molecule has 2 aliphatic rings. The van der Waals surface area contributed by atoms with E-state index in [9.17, 15) is 0 Å². The molecule has 3 rings (SSSR count). The molecule has 1 fully saturated rings. The second kappa shape index (κ2) is 5.08. The van der Waals surface area contributed by atoms with Crippen LogP contribution in [0.25, 0.3) is 0 Å². The molecule has 0 radical (unpaired) electrons. The third-order valence-electron chi connectivity index (χ3n) is 4.49. The van der Waals surface area contributed by atoms with Crippen molar-refractivity contribution in [2.75, 3.05) is 0 Å². The van der Waals surface area contributed by atoms with Crippen molar-refractivity contribution in [3.63, 3.8) is 0 Å². The lowest BCUT2D eigenvalue weighted by Crippen LogP contribution is -2.24. The van der Waals surface area contributed by atoms with Gasteiger partial charge in [0.05, 0.1) is 0 Å². The van der Waals surface area contributed by atoms with Gasteiger partial charge in [0.1, 0.15) is 0 Å². The van der Waals surface area contributed by atoms with Gasteiger partial charge in [-0.15, -0.1) is 0 Å². The molecule has 1 aliphatic carbocycles. The molecule has 2 heteroatoms. The Labute approximate surface area is 117 Å². The fraction of sp³-hybridized carbons (Fsp3) is 0.471. The van der Waals surface area contributed by atoms with Crippen LogP contribution in [0.3, 0.4) is 0 Å². The molecule has 100 valence electrons. The van der Waals surface area contributed by atoms with Crippen LogP contribution in [0.5, 0.6) is 0 Å². The van der Waals surface area contributed by atoms with Crippen molar-refractivity contribution < 1.29 is 0 Å². The van der Waals surface area contributed by atoms with Gasteiger partial charge >= 0.3 is 0 Å². The average molecular weight is 269 g/mol. The molecular formula is C17H23NSi. The zero-order valence-electron chi connectivity index (χ0n) is 12.1. The van der Waals surface area contributed by atoms with Gasteiger partial charge in [-0.1, -0.05) is 47.5 Å². The van der Waals surface area contributed by atoms with E-state index in [4.69, 9.17) is 4.66 Å². The predicted molar refractivity (Wildman–Crippen MR) is 85.2 cm³/mol. The van der Waals surface area contributed by atoms with E-state index < -0.39 is 8.24 Å². The molecule has 1 aromatic carbocycles. The van der Waals surface area contributed by atoms with E-state index in [1.807, 2.05) is 0 Å². The number of rotatable bonds is 1. The third-order valence-corrected chi connectivity index (χ3v) is 7.32. The molecule has 0 aromatic heterocycles.